The first-order valence-corrected chi connectivity index (χ1v) is 12.0. The molecule has 0 saturated heterocycles. The quantitative estimate of drug-likeness (QED) is 0.372. The lowest BCUT2D eigenvalue weighted by molar-refractivity contribution is -0.137. The van der Waals surface area contributed by atoms with E-state index in [-0.39, 0.29) is 6.42 Å². The fourth-order valence-corrected chi connectivity index (χ4v) is 4.63. The van der Waals surface area contributed by atoms with Gasteiger partial charge in [0.1, 0.15) is 5.82 Å². The molecule has 1 aliphatic rings. The summed E-state index contributed by atoms with van der Waals surface area (Å²) in [6.07, 6.45) is 8.63. The summed E-state index contributed by atoms with van der Waals surface area (Å²) in [5, 5.41) is 18.6. The van der Waals surface area contributed by atoms with Crippen LogP contribution in [0.1, 0.15) is 47.7 Å². The third-order valence-corrected chi connectivity index (χ3v) is 6.48. The summed E-state index contributed by atoms with van der Waals surface area (Å²) in [4.78, 5) is 20.6. The molecule has 2 N–H and O–H groups in total. The number of rotatable bonds is 9. The van der Waals surface area contributed by atoms with Gasteiger partial charge in [0.25, 0.3) is 0 Å². The van der Waals surface area contributed by atoms with E-state index in [1.54, 1.807) is 24.1 Å². The average Bonchev–Trinajstić information content (AvgIpc) is 3.30. The predicted molar refractivity (Wildman–Crippen MR) is 134 cm³/mol. The average molecular weight is 472 g/mol. The molecule has 0 amide bonds. The molecule has 1 atom stereocenters. The number of methoxy groups -OCH3 is 1. The first-order valence-electron chi connectivity index (χ1n) is 12.0. The second-order valence-electron chi connectivity index (χ2n) is 8.94. The number of nitrogens with one attached hydrogen (secondary N) is 1. The molecule has 0 unspecified atom stereocenters. The number of anilines is 1. The summed E-state index contributed by atoms with van der Waals surface area (Å²) < 4.78 is 6.86. The zero-order valence-electron chi connectivity index (χ0n) is 19.8. The maximum atomic E-state index is 11.6. The Kier molecular flexibility index (Phi) is 6.61. The monoisotopic (exact) mass is 471 g/mol. The maximum Gasteiger partial charge on any atom is 0.305 e. The van der Waals surface area contributed by atoms with Crippen molar-refractivity contribution in [3.05, 3.63) is 77.2 Å². The van der Waals surface area contributed by atoms with Gasteiger partial charge in [-0.2, -0.15) is 5.10 Å². The van der Waals surface area contributed by atoms with Crippen molar-refractivity contribution in [2.45, 2.75) is 44.6 Å². The van der Waals surface area contributed by atoms with Gasteiger partial charge in [-0.15, -0.1) is 0 Å². The van der Waals surface area contributed by atoms with Crippen molar-refractivity contribution < 1.29 is 14.6 Å². The van der Waals surface area contributed by atoms with Crippen molar-refractivity contribution in [2.75, 3.05) is 19.0 Å². The van der Waals surface area contributed by atoms with Crippen LogP contribution in [0.5, 0.6) is 5.88 Å². The van der Waals surface area contributed by atoms with Crippen LogP contribution in [0.25, 0.3) is 10.9 Å². The molecule has 8 heteroatoms. The molecule has 0 spiro atoms. The lowest BCUT2D eigenvalue weighted by Gasteiger charge is -2.17. The number of pyridine rings is 2. The molecule has 4 heterocycles. The summed E-state index contributed by atoms with van der Waals surface area (Å²) >= 11 is 0. The van der Waals surface area contributed by atoms with Crippen molar-refractivity contribution in [2.24, 2.45) is 0 Å². The lowest BCUT2D eigenvalue weighted by atomic mass is 10.0. The summed E-state index contributed by atoms with van der Waals surface area (Å²) in [6.45, 7) is 0.999. The number of carbonyl (C=O) groups is 1. The molecule has 35 heavy (non-hydrogen) atoms. The molecule has 1 aliphatic heterocycles. The van der Waals surface area contributed by atoms with E-state index in [9.17, 15) is 9.90 Å². The van der Waals surface area contributed by atoms with Gasteiger partial charge >= 0.3 is 5.97 Å². The lowest BCUT2D eigenvalue weighted by Crippen LogP contribution is -2.16. The van der Waals surface area contributed by atoms with Gasteiger partial charge in [0.15, 0.2) is 0 Å². The highest BCUT2D eigenvalue weighted by Crippen LogP contribution is 2.26. The van der Waals surface area contributed by atoms with E-state index in [1.165, 1.54) is 17.5 Å². The first kappa shape index (κ1) is 22.8. The molecular formula is C27H29N5O3. The zero-order chi connectivity index (χ0) is 24.2. The number of hydrogen-bond acceptors (Lipinski definition) is 6. The third-order valence-electron chi connectivity index (χ3n) is 6.48. The second-order valence-corrected chi connectivity index (χ2v) is 8.94. The SMILES string of the molecule is COc1ccc([C@H](CC(=O)O)n2cc3cc(CCCc4ccc5c(n4)NCCC5)ccc3n2)cn1. The molecule has 0 saturated carbocycles. The second kappa shape index (κ2) is 10.1. The Hall–Kier alpha value is -3.94. The van der Waals surface area contributed by atoms with Gasteiger partial charge in [0.05, 0.1) is 25.1 Å². The van der Waals surface area contributed by atoms with Crippen LogP contribution in [-0.4, -0.2) is 44.5 Å². The van der Waals surface area contributed by atoms with Gasteiger partial charge in [-0.3, -0.25) is 9.48 Å². The number of hydrogen-bond donors (Lipinski definition) is 2. The van der Waals surface area contributed by atoms with E-state index in [1.807, 2.05) is 18.3 Å². The summed E-state index contributed by atoms with van der Waals surface area (Å²) in [5.41, 5.74) is 5.28. The van der Waals surface area contributed by atoms with Gasteiger partial charge in [-0.05, 0) is 73.1 Å². The minimum Gasteiger partial charge on any atom is -0.481 e. The smallest absolute Gasteiger partial charge is 0.305 e. The van der Waals surface area contributed by atoms with Crippen LogP contribution < -0.4 is 10.1 Å². The van der Waals surface area contributed by atoms with E-state index in [4.69, 9.17) is 9.72 Å². The molecule has 0 radical (unpaired) electrons. The topological polar surface area (TPSA) is 102 Å². The van der Waals surface area contributed by atoms with Crippen LogP contribution in [0.4, 0.5) is 5.82 Å². The Labute approximate surface area is 204 Å². The van der Waals surface area contributed by atoms with Crippen LogP contribution >= 0.6 is 0 Å². The van der Waals surface area contributed by atoms with Gasteiger partial charge in [-0.1, -0.05) is 12.1 Å². The standard InChI is InChI=1S/C27H29N5O3/c1-35-25-12-9-20(16-29-25)24(15-26(33)34)32-17-21-14-18(7-11-23(21)31-32)4-2-6-22-10-8-19-5-3-13-28-27(19)30-22/h7-12,14,16-17,24H,2-6,13,15H2,1H3,(H,28,30)(H,33,34)/t24-/m0/s1. The van der Waals surface area contributed by atoms with E-state index < -0.39 is 12.0 Å². The zero-order valence-corrected chi connectivity index (χ0v) is 19.8. The fraction of sp³-hybridized carbons (Fsp3) is 0.333. The molecule has 1 aromatic carbocycles. The van der Waals surface area contributed by atoms with Crippen molar-refractivity contribution in [3.8, 4) is 5.88 Å². The molecular weight excluding hydrogens is 442 g/mol. The molecule has 0 bridgehead atoms. The normalized spacial score (nSPS) is 13.7. The molecule has 3 aromatic heterocycles. The Bertz CT molecular complexity index is 1330. The number of nitrogens with zero attached hydrogens (tertiary/aromatic N) is 4. The number of benzene rings is 1. The van der Waals surface area contributed by atoms with Crippen molar-refractivity contribution in [1.82, 2.24) is 19.7 Å². The van der Waals surface area contributed by atoms with Crippen LogP contribution in [0, 0.1) is 0 Å². The van der Waals surface area contributed by atoms with Gasteiger partial charge < -0.3 is 15.2 Å². The highest BCUT2D eigenvalue weighted by molar-refractivity contribution is 5.79. The van der Waals surface area contributed by atoms with Crippen molar-refractivity contribution in [3.63, 3.8) is 0 Å². The van der Waals surface area contributed by atoms with E-state index >= 15 is 0 Å². The number of aromatic nitrogens is 4. The van der Waals surface area contributed by atoms with Crippen molar-refractivity contribution in [1.29, 1.82) is 0 Å². The van der Waals surface area contributed by atoms with E-state index in [2.05, 4.69) is 39.7 Å². The van der Waals surface area contributed by atoms with Crippen LogP contribution in [0.2, 0.25) is 0 Å². The van der Waals surface area contributed by atoms with Crippen LogP contribution in [-0.2, 0) is 24.1 Å². The molecule has 0 aliphatic carbocycles. The summed E-state index contributed by atoms with van der Waals surface area (Å²) in [7, 11) is 1.55. The largest absolute Gasteiger partial charge is 0.481 e. The molecule has 0 fully saturated rings. The van der Waals surface area contributed by atoms with Crippen LogP contribution in [0.15, 0.2) is 54.9 Å². The molecule has 4 aromatic rings. The van der Waals surface area contributed by atoms with Crippen LogP contribution in [0.3, 0.4) is 0 Å². The number of carboxylic acids is 1. The molecule has 180 valence electrons. The predicted octanol–water partition coefficient (Wildman–Crippen LogP) is 4.43. The number of carboxylic acid groups (broad SMARTS) is 1. The molecule has 5 rings (SSSR count). The Morgan fingerprint density at radius 2 is 2.11 bits per heavy atom. The van der Waals surface area contributed by atoms with Crippen molar-refractivity contribution >= 4 is 22.7 Å². The maximum absolute atomic E-state index is 11.6. The van der Waals surface area contributed by atoms with Gasteiger partial charge in [0, 0.05) is 36.1 Å². The minimum absolute atomic E-state index is 0.0858. The number of ether oxygens (including phenoxy) is 1. The Balaban J connectivity index is 1.29. The highest BCUT2D eigenvalue weighted by Gasteiger charge is 2.20. The number of fused-ring (bicyclic) bond motifs is 2. The van der Waals surface area contributed by atoms with E-state index in [0.29, 0.717) is 5.88 Å². The third kappa shape index (κ3) is 5.26. The number of aryl methyl sites for hydroxylation is 3. The minimum atomic E-state index is -0.892. The van der Waals surface area contributed by atoms with Gasteiger partial charge in [0.2, 0.25) is 5.88 Å². The number of aliphatic carboxylic acids is 1. The van der Waals surface area contributed by atoms with Gasteiger partial charge in [-0.25, -0.2) is 9.97 Å². The summed E-state index contributed by atoms with van der Waals surface area (Å²) in [6, 6.07) is 13.7. The first-order chi connectivity index (χ1) is 17.1. The Morgan fingerprint density at radius 3 is 2.91 bits per heavy atom. The Morgan fingerprint density at radius 1 is 1.20 bits per heavy atom. The van der Waals surface area contributed by atoms with E-state index in [0.717, 1.165) is 60.2 Å². The summed E-state index contributed by atoms with van der Waals surface area (Å²) in [5.74, 6) is 0.641. The molecule has 8 nitrogen and oxygen atoms in total. The highest BCUT2D eigenvalue weighted by atomic mass is 16.5. The fourth-order valence-electron chi connectivity index (χ4n) is 4.63.